The summed E-state index contributed by atoms with van der Waals surface area (Å²) in [6, 6.07) is 0. The van der Waals surface area contributed by atoms with Crippen molar-refractivity contribution in [3.05, 3.63) is 0 Å². The monoisotopic (exact) mass is 566 g/mol. The summed E-state index contributed by atoms with van der Waals surface area (Å²) in [6.07, 6.45) is 1.19. The van der Waals surface area contributed by atoms with Crippen molar-refractivity contribution in [2.45, 2.75) is 107 Å². The van der Waals surface area contributed by atoms with Crippen molar-refractivity contribution < 1.29 is 59.9 Å². The van der Waals surface area contributed by atoms with Crippen LogP contribution in [0, 0.1) is 17.8 Å². The number of hydrogen-bond acceptors (Lipinski definition) is 10. The second-order valence-electron chi connectivity index (χ2n) is 10.8. The highest BCUT2D eigenvalue weighted by atomic mass is 32.2. The fraction of sp³-hybridized carbons (Fsp3) is 0.833. The minimum absolute atomic E-state index is 0.252. The zero-order valence-corrected chi connectivity index (χ0v) is 21.8. The van der Waals surface area contributed by atoms with E-state index in [-0.39, 0.29) is 6.42 Å². The molecule has 4 aliphatic rings. The zero-order valence-electron chi connectivity index (χ0n) is 20.9. The van der Waals surface area contributed by atoms with E-state index in [4.69, 9.17) is 18.8 Å². The highest BCUT2D eigenvalue weighted by Crippen LogP contribution is 2.57. The molecule has 3 aliphatic carbocycles. The average Bonchev–Trinajstić information content (AvgIpc) is 3.63. The minimum atomic E-state index is -5.82. The number of carbonyl (C=O) groups is 4. The van der Waals surface area contributed by atoms with Crippen LogP contribution in [0.1, 0.15) is 77.6 Å². The van der Waals surface area contributed by atoms with Crippen LogP contribution in [0.5, 0.6) is 0 Å². The van der Waals surface area contributed by atoms with E-state index in [1.54, 1.807) is 0 Å². The lowest BCUT2D eigenvalue weighted by Crippen LogP contribution is -2.44. The third kappa shape index (κ3) is 5.80. The van der Waals surface area contributed by atoms with Crippen molar-refractivity contribution >= 4 is 34.0 Å². The maximum absolute atomic E-state index is 13.5. The van der Waals surface area contributed by atoms with Crippen LogP contribution >= 0.6 is 0 Å². The van der Waals surface area contributed by atoms with Crippen LogP contribution in [-0.4, -0.2) is 66.0 Å². The molecule has 38 heavy (non-hydrogen) atoms. The third-order valence-corrected chi connectivity index (χ3v) is 9.33. The Labute approximate surface area is 218 Å². The molecule has 6 atom stereocenters. The molecule has 0 amide bonds. The lowest BCUT2D eigenvalue weighted by atomic mass is 9.75. The normalized spacial score (nSPS) is 31.1. The number of fused-ring (bicyclic) bond motifs is 2. The molecule has 214 valence electrons. The number of alkyl halides is 2. The molecule has 0 aromatic carbocycles. The van der Waals surface area contributed by atoms with Crippen LogP contribution in [0.25, 0.3) is 0 Å². The largest absolute Gasteiger partial charge is 0.456 e. The van der Waals surface area contributed by atoms with Gasteiger partial charge in [-0.25, -0.2) is 9.59 Å². The van der Waals surface area contributed by atoms with Crippen LogP contribution in [0.2, 0.25) is 0 Å². The highest BCUT2D eigenvalue weighted by Gasteiger charge is 2.55. The molecule has 0 spiro atoms. The van der Waals surface area contributed by atoms with Gasteiger partial charge in [0, 0.05) is 12.3 Å². The smallest absolute Gasteiger partial charge is 0.405 e. The van der Waals surface area contributed by atoms with E-state index >= 15 is 0 Å². The fourth-order valence-corrected chi connectivity index (χ4v) is 6.90. The summed E-state index contributed by atoms with van der Waals surface area (Å²) in [7, 11) is -5.82. The van der Waals surface area contributed by atoms with Gasteiger partial charge < -0.3 is 18.9 Å². The van der Waals surface area contributed by atoms with E-state index in [1.807, 2.05) is 0 Å². The van der Waals surface area contributed by atoms with Gasteiger partial charge in [0.1, 0.15) is 5.60 Å². The average molecular weight is 567 g/mol. The van der Waals surface area contributed by atoms with Crippen LogP contribution in [0.3, 0.4) is 0 Å². The number of hydrogen-bond donors (Lipinski definition) is 1. The second kappa shape index (κ2) is 10.7. The molecule has 0 radical (unpaired) electrons. The molecule has 6 unspecified atom stereocenters. The predicted molar refractivity (Wildman–Crippen MR) is 122 cm³/mol. The van der Waals surface area contributed by atoms with Gasteiger partial charge in [-0.3, -0.25) is 14.1 Å². The Bertz CT molecular complexity index is 1070. The van der Waals surface area contributed by atoms with Gasteiger partial charge in [-0.2, -0.15) is 17.2 Å². The summed E-state index contributed by atoms with van der Waals surface area (Å²) in [5.74, 6) is -2.49. The summed E-state index contributed by atoms with van der Waals surface area (Å²) >= 11 is 0. The molecule has 11 nitrogen and oxygen atoms in total. The lowest BCUT2D eigenvalue weighted by Gasteiger charge is -2.40. The fourth-order valence-electron chi connectivity index (χ4n) is 6.43. The van der Waals surface area contributed by atoms with Gasteiger partial charge >= 0.3 is 39.2 Å². The molecule has 3 saturated carbocycles. The first-order valence-electron chi connectivity index (χ1n) is 12.9. The summed E-state index contributed by atoms with van der Waals surface area (Å²) in [5.41, 5.74) is -0.554. The van der Waals surface area contributed by atoms with E-state index in [2.05, 4.69) is 4.74 Å². The lowest BCUT2D eigenvalue weighted by molar-refractivity contribution is -0.181. The molecule has 1 aliphatic heterocycles. The molecular weight excluding hydrogens is 534 g/mol. The molecule has 2 bridgehead atoms. The standard InChI is InChI=1S/C24H32F2O11S/c1-13(24(25,26)38(31,32)33)34-19(27)6-7-20(28)35-17-12-18(36-21(17)29)22(30)37-23(8-2-3-9-23)16-11-14-4-5-15(16)10-14/h13-18H,2-12H2,1H3,(H,31,32,33). The summed E-state index contributed by atoms with van der Waals surface area (Å²) in [6.45, 7) is 0.560. The summed E-state index contributed by atoms with van der Waals surface area (Å²) in [4.78, 5) is 49.1. The zero-order chi connectivity index (χ0) is 27.9. The van der Waals surface area contributed by atoms with Gasteiger partial charge in [0.25, 0.3) is 0 Å². The van der Waals surface area contributed by atoms with Gasteiger partial charge in [-0.05, 0) is 63.7 Å². The van der Waals surface area contributed by atoms with Crippen molar-refractivity contribution in [1.29, 1.82) is 0 Å². The van der Waals surface area contributed by atoms with Crippen molar-refractivity contribution in [3.63, 3.8) is 0 Å². The second-order valence-corrected chi connectivity index (χ2v) is 12.3. The van der Waals surface area contributed by atoms with Gasteiger partial charge in [0.2, 0.25) is 12.2 Å². The Morgan fingerprint density at radius 3 is 2.34 bits per heavy atom. The van der Waals surface area contributed by atoms with Gasteiger partial charge in [-0.15, -0.1) is 0 Å². The molecule has 1 saturated heterocycles. The van der Waals surface area contributed by atoms with Crippen LogP contribution in [0.15, 0.2) is 0 Å². The molecule has 1 N–H and O–H groups in total. The number of rotatable bonds is 10. The Kier molecular flexibility index (Phi) is 8.04. The van der Waals surface area contributed by atoms with Gasteiger partial charge in [0.05, 0.1) is 12.8 Å². The summed E-state index contributed by atoms with van der Waals surface area (Å²) < 4.78 is 77.4. The number of halogens is 2. The Hall–Kier alpha value is -2.35. The molecule has 0 aromatic rings. The van der Waals surface area contributed by atoms with E-state index in [1.165, 1.54) is 6.42 Å². The first kappa shape index (κ1) is 28.7. The maximum Gasteiger partial charge on any atom is 0.405 e. The molecule has 0 aromatic heterocycles. The van der Waals surface area contributed by atoms with E-state index in [0.717, 1.165) is 44.9 Å². The minimum Gasteiger partial charge on any atom is -0.456 e. The van der Waals surface area contributed by atoms with E-state index in [9.17, 15) is 36.4 Å². The molecular formula is C24H32F2O11S. The Morgan fingerprint density at radius 2 is 1.76 bits per heavy atom. The first-order valence-corrected chi connectivity index (χ1v) is 14.3. The van der Waals surface area contributed by atoms with Crippen molar-refractivity contribution in [3.8, 4) is 0 Å². The quantitative estimate of drug-likeness (QED) is 0.235. The van der Waals surface area contributed by atoms with Gasteiger partial charge in [0.15, 0.2) is 6.10 Å². The van der Waals surface area contributed by atoms with Crippen LogP contribution < -0.4 is 0 Å². The molecule has 1 heterocycles. The van der Waals surface area contributed by atoms with Crippen molar-refractivity contribution in [2.75, 3.05) is 0 Å². The first-order chi connectivity index (χ1) is 17.7. The maximum atomic E-state index is 13.5. The number of carbonyl (C=O) groups excluding carboxylic acids is 4. The molecule has 4 fully saturated rings. The van der Waals surface area contributed by atoms with Gasteiger partial charge in [-0.1, -0.05) is 6.42 Å². The van der Waals surface area contributed by atoms with E-state index in [0.29, 0.717) is 24.7 Å². The number of esters is 4. The third-order valence-electron chi connectivity index (χ3n) is 8.31. The topological polar surface area (TPSA) is 160 Å². The Balaban J connectivity index is 1.25. The van der Waals surface area contributed by atoms with Crippen molar-refractivity contribution in [2.24, 2.45) is 17.8 Å². The van der Waals surface area contributed by atoms with E-state index < -0.39 is 76.0 Å². The van der Waals surface area contributed by atoms with Crippen molar-refractivity contribution in [1.82, 2.24) is 0 Å². The highest BCUT2D eigenvalue weighted by molar-refractivity contribution is 7.86. The Morgan fingerprint density at radius 1 is 1.11 bits per heavy atom. The molecule has 14 heteroatoms. The van der Waals surface area contributed by atoms with Crippen LogP contribution in [0.4, 0.5) is 8.78 Å². The number of ether oxygens (including phenoxy) is 4. The summed E-state index contributed by atoms with van der Waals surface area (Å²) in [5, 5.41) is -4.74. The predicted octanol–water partition coefficient (Wildman–Crippen LogP) is 2.70. The number of cyclic esters (lactones) is 1. The molecule has 4 rings (SSSR count). The SMILES string of the molecule is CC(OC(=O)CCC(=O)OC1CC(C(=O)OC2(C3CC4CCC3C4)CCCC2)OC1=O)C(F)(F)S(=O)(=O)O. The van der Waals surface area contributed by atoms with Crippen LogP contribution in [-0.2, 0) is 48.2 Å².